The van der Waals surface area contributed by atoms with Gasteiger partial charge in [0.1, 0.15) is 6.10 Å². The minimum absolute atomic E-state index is 0.248. The van der Waals surface area contributed by atoms with E-state index in [9.17, 15) is 13.4 Å². The lowest BCUT2D eigenvalue weighted by molar-refractivity contribution is -0.145. The molecular weight excluding hydrogens is 293 g/mol. The van der Waals surface area contributed by atoms with Gasteiger partial charge in [0.15, 0.2) is 0 Å². The zero-order valence-electron chi connectivity index (χ0n) is 13.5. The predicted molar refractivity (Wildman–Crippen MR) is 87.0 cm³/mol. The van der Waals surface area contributed by atoms with Crippen molar-refractivity contribution in [2.45, 2.75) is 46.6 Å². The molecule has 0 aliphatic heterocycles. The molecule has 0 radical (unpaired) electrons. The summed E-state index contributed by atoms with van der Waals surface area (Å²) in [5, 5.41) is 0. The van der Waals surface area contributed by atoms with Gasteiger partial charge in [-0.3, -0.25) is 4.79 Å². The topological polar surface area (TPSA) is 46.6 Å². The Morgan fingerprint density at radius 3 is 2.43 bits per heavy atom. The fraction of sp³-hybridized carbons (Fsp3) is 0.600. The molecule has 2 atom stereocenters. The third kappa shape index (κ3) is 7.43. The second-order valence-corrected chi connectivity index (χ2v) is 7.37. The van der Waals surface area contributed by atoms with Gasteiger partial charge in [-0.15, -0.1) is 0 Å². The van der Waals surface area contributed by atoms with Crippen LogP contribution >= 0.6 is 0 Å². The number of nitrogens with zero attached hydrogens (tertiary/aromatic N) is 1. The molecule has 0 saturated heterocycles. The zero-order chi connectivity index (χ0) is 16.6. The van der Waals surface area contributed by atoms with E-state index < -0.39 is 9.71 Å². The van der Waals surface area contributed by atoms with Crippen molar-refractivity contribution in [1.82, 2.24) is 4.31 Å². The van der Waals surface area contributed by atoms with Crippen LogP contribution in [0.3, 0.4) is 0 Å². The first kappa shape index (κ1) is 19.9. The van der Waals surface area contributed by atoms with Gasteiger partial charge in [-0.25, -0.2) is 12.9 Å². The van der Waals surface area contributed by atoms with Crippen molar-refractivity contribution in [3.63, 3.8) is 0 Å². The van der Waals surface area contributed by atoms with E-state index in [-0.39, 0.29) is 17.9 Å². The quantitative estimate of drug-likeness (QED) is 0.392. The SMILES string of the molecule is C=S(=O)(C(=CC=C(C)F)CC)N(C)CCC(C)OC(C)=O. The van der Waals surface area contributed by atoms with Gasteiger partial charge in [0.25, 0.3) is 0 Å². The summed E-state index contributed by atoms with van der Waals surface area (Å²) in [4.78, 5) is 11.4. The van der Waals surface area contributed by atoms with Crippen LogP contribution in [0.1, 0.15) is 40.5 Å². The molecule has 4 nitrogen and oxygen atoms in total. The van der Waals surface area contributed by atoms with E-state index in [1.165, 1.54) is 26.0 Å². The number of allylic oxidation sites excluding steroid dienone is 4. The molecule has 21 heavy (non-hydrogen) atoms. The number of carbonyl (C=O) groups excluding carboxylic acids is 1. The normalized spacial score (nSPS) is 17.5. The summed E-state index contributed by atoms with van der Waals surface area (Å²) < 4.78 is 32.2. The number of carbonyl (C=O) groups is 1. The number of halogens is 1. The van der Waals surface area contributed by atoms with Crippen molar-refractivity contribution in [2.75, 3.05) is 13.6 Å². The summed E-state index contributed by atoms with van der Waals surface area (Å²) >= 11 is 0. The highest BCUT2D eigenvalue weighted by Crippen LogP contribution is 2.17. The Hall–Kier alpha value is -1.14. The molecule has 0 amide bonds. The lowest BCUT2D eigenvalue weighted by Gasteiger charge is -2.24. The Morgan fingerprint density at radius 2 is 2.00 bits per heavy atom. The maximum absolute atomic E-state index is 12.8. The van der Waals surface area contributed by atoms with Crippen molar-refractivity contribution in [3.05, 3.63) is 22.9 Å². The van der Waals surface area contributed by atoms with Crippen LogP contribution in [-0.4, -0.2) is 40.1 Å². The molecule has 0 aromatic heterocycles. The van der Waals surface area contributed by atoms with E-state index in [2.05, 4.69) is 5.87 Å². The highest BCUT2D eigenvalue weighted by atomic mass is 32.2. The fourth-order valence-corrected chi connectivity index (χ4v) is 3.24. The van der Waals surface area contributed by atoms with E-state index in [0.717, 1.165) is 0 Å². The maximum atomic E-state index is 12.8. The molecule has 0 aromatic carbocycles. The summed E-state index contributed by atoms with van der Waals surface area (Å²) in [6.07, 6.45) is 3.64. The van der Waals surface area contributed by atoms with Gasteiger partial charge in [0, 0.05) is 18.4 Å². The zero-order valence-corrected chi connectivity index (χ0v) is 14.3. The molecule has 0 heterocycles. The fourth-order valence-electron chi connectivity index (χ4n) is 1.71. The average Bonchev–Trinajstić information content (AvgIpc) is 2.35. The Balaban J connectivity index is 4.86. The molecule has 0 aliphatic carbocycles. The number of rotatable bonds is 8. The monoisotopic (exact) mass is 319 g/mol. The first-order chi connectivity index (χ1) is 9.61. The smallest absolute Gasteiger partial charge is 0.302 e. The highest BCUT2D eigenvalue weighted by Gasteiger charge is 2.17. The number of esters is 1. The van der Waals surface area contributed by atoms with Gasteiger partial charge in [0.2, 0.25) is 0 Å². The van der Waals surface area contributed by atoms with Crippen LogP contribution in [0.4, 0.5) is 4.39 Å². The number of hydrogen-bond acceptors (Lipinski definition) is 3. The summed E-state index contributed by atoms with van der Waals surface area (Å²) in [5.74, 6) is 3.10. The van der Waals surface area contributed by atoms with Crippen LogP contribution in [0.5, 0.6) is 0 Å². The molecule has 0 fully saturated rings. The molecule has 0 rings (SSSR count). The number of ether oxygens (including phenoxy) is 1. The summed E-state index contributed by atoms with van der Waals surface area (Å²) in [6, 6.07) is 0. The van der Waals surface area contributed by atoms with E-state index in [0.29, 0.717) is 24.3 Å². The highest BCUT2D eigenvalue weighted by molar-refractivity contribution is 8.01. The standard InChI is InChI=1S/C15H26FNO3S/c1-7-15(9-8-12(2)16)21(6,19)17(5)11-10-13(3)20-14(4)18/h8-9,13H,6-7,10-11H2,1-5H3. The lowest BCUT2D eigenvalue weighted by Crippen LogP contribution is -2.31. The van der Waals surface area contributed by atoms with Crippen LogP contribution in [0.25, 0.3) is 0 Å². The van der Waals surface area contributed by atoms with E-state index in [1.807, 2.05) is 6.92 Å². The summed E-state index contributed by atoms with van der Waals surface area (Å²) in [5.41, 5.74) is 0. The van der Waals surface area contributed by atoms with Gasteiger partial charge >= 0.3 is 5.97 Å². The van der Waals surface area contributed by atoms with Crippen molar-refractivity contribution in [2.24, 2.45) is 0 Å². The first-order valence-corrected chi connectivity index (χ1v) is 8.58. The molecule has 0 bridgehead atoms. The van der Waals surface area contributed by atoms with Gasteiger partial charge < -0.3 is 4.74 Å². The van der Waals surface area contributed by atoms with Crippen molar-refractivity contribution >= 4 is 21.5 Å². The molecule has 0 spiro atoms. The van der Waals surface area contributed by atoms with Crippen molar-refractivity contribution in [3.8, 4) is 0 Å². The second kappa shape index (κ2) is 9.00. The van der Waals surface area contributed by atoms with Gasteiger partial charge in [-0.1, -0.05) is 6.92 Å². The summed E-state index contributed by atoms with van der Waals surface area (Å²) in [7, 11) is -0.928. The van der Waals surface area contributed by atoms with Crippen LogP contribution < -0.4 is 0 Å². The van der Waals surface area contributed by atoms with Gasteiger partial charge in [-0.2, -0.15) is 0 Å². The molecule has 2 unspecified atom stereocenters. The molecule has 6 heteroatoms. The van der Waals surface area contributed by atoms with Crippen LogP contribution in [0.2, 0.25) is 0 Å². The second-order valence-electron chi connectivity index (χ2n) is 4.94. The molecular formula is C15H26FNO3S. The largest absolute Gasteiger partial charge is 0.463 e. The molecule has 0 N–H and O–H groups in total. The molecule has 0 aliphatic rings. The van der Waals surface area contributed by atoms with Crippen molar-refractivity contribution in [1.29, 1.82) is 0 Å². The Kier molecular flexibility index (Phi) is 8.51. The Bertz CT molecular complexity index is 505. The number of hydrogen-bond donors (Lipinski definition) is 0. The predicted octanol–water partition coefficient (Wildman–Crippen LogP) is 3.06. The van der Waals surface area contributed by atoms with E-state index in [4.69, 9.17) is 4.74 Å². The average molecular weight is 319 g/mol. The molecule has 122 valence electrons. The minimum atomic E-state index is -2.63. The van der Waals surface area contributed by atoms with Crippen LogP contribution in [0, 0.1) is 0 Å². The van der Waals surface area contributed by atoms with E-state index in [1.54, 1.807) is 18.3 Å². The Labute approximate surface area is 127 Å². The Morgan fingerprint density at radius 1 is 1.43 bits per heavy atom. The summed E-state index contributed by atoms with van der Waals surface area (Å²) in [6.45, 7) is 6.79. The molecule has 0 aromatic rings. The van der Waals surface area contributed by atoms with E-state index >= 15 is 0 Å². The third-order valence-electron chi connectivity index (χ3n) is 2.98. The first-order valence-electron chi connectivity index (χ1n) is 6.90. The third-order valence-corrected chi connectivity index (χ3v) is 5.41. The lowest BCUT2D eigenvalue weighted by atomic mass is 10.3. The van der Waals surface area contributed by atoms with Gasteiger partial charge in [-0.05, 0) is 51.8 Å². The van der Waals surface area contributed by atoms with Gasteiger partial charge in [0.05, 0.1) is 15.5 Å². The maximum Gasteiger partial charge on any atom is 0.302 e. The van der Waals surface area contributed by atoms with Crippen LogP contribution in [-0.2, 0) is 19.2 Å². The molecule has 0 saturated carbocycles. The van der Waals surface area contributed by atoms with Crippen LogP contribution in [0.15, 0.2) is 22.9 Å². The van der Waals surface area contributed by atoms with Crippen molar-refractivity contribution < 1.29 is 18.1 Å². The minimum Gasteiger partial charge on any atom is -0.463 e.